The number of aryl methyl sites for hydroxylation is 2. The SMILES string of the molecule is Cc1ccc(Oc2cncc(C(N)=S)n2)cc1C. The molecule has 0 aliphatic heterocycles. The van der Waals surface area contributed by atoms with Gasteiger partial charge in [0.25, 0.3) is 0 Å². The first-order chi connectivity index (χ1) is 8.56. The third-order valence-electron chi connectivity index (χ3n) is 2.57. The van der Waals surface area contributed by atoms with Crippen molar-refractivity contribution in [2.24, 2.45) is 5.73 Å². The Bertz CT molecular complexity index is 599. The van der Waals surface area contributed by atoms with Crippen molar-refractivity contribution in [2.45, 2.75) is 13.8 Å². The van der Waals surface area contributed by atoms with E-state index < -0.39 is 0 Å². The quantitative estimate of drug-likeness (QED) is 0.858. The van der Waals surface area contributed by atoms with Gasteiger partial charge >= 0.3 is 0 Å². The minimum absolute atomic E-state index is 0.202. The van der Waals surface area contributed by atoms with Crippen molar-refractivity contribution >= 4 is 17.2 Å². The number of nitrogens with zero attached hydrogens (tertiary/aromatic N) is 2. The summed E-state index contributed by atoms with van der Waals surface area (Å²) in [6.45, 7) is 4.08. The molecule has 0 unspecified atom stereocenters. The summed E-state index contributed by atoms with van der Waals surface area (Å²) in [6.07, 6.45) is 3.03. The van der Waals surface area contributed by atoms with Gasteiger partial charge in [-0.2, -0.15) is 0 Å². The van der Waals surface area contributed by atoms with Crippen molar-refractivity contribution in [1.29, 1.82) is 0 Å². The zero-order valence-corrected chi connectivity index (χ0v) is 11.0. The highest BCUT2D eigenvalue weighted by atomic mass is 32.1. The molecule has 0 saturated heterocycles. The lowest BCUT2D eigenvalue weighted by molar-refractivity contribution is 0.459. The summed E-state index contributed by atoms with van der Waals surface area (Å²) in [7, 11) is 0. The largest absolute Gasteiger partial charge is 0.437 e. The molecule has 1 heterocycles. The second kappa shape index (κ2) is 5.10. The Balaban J connectivity index is 2.25. The molecule has 0 aliphatic carbocycles. The van der Waals surface area contributed by atoms with E-state index >= 15 is 0 Å². The van der Waals surface area contributed by atoms with Crippen LogP contribution in [0.15, 0.2) is 30.6 Å². The third-order valence-corrected chi connectivity index (χ3v) is 2.77. The summed E-state index contributed by atoms with van der Waals surface area (Å²) in [5.74, 6) is 1.09. The lowest BCUT2D eigenvalue weighted by Gasteiger charge is -2.07. The molecule has 2 N–H and O–H groups in total. The van der Waals surface area contributed by atoms with Gasteiger partial charge in [-0.15, -0.1) is 0 Å². The van der Waals surface area contributed by atoms with E-state index in [1.54, 1.807) is 0 Å². The van der Waals surface area contributed by atoms with Crippen LogP contribution in [-0.2, 0) is 0 Å². The van der Waals surface area contributed by atoms with E-state index in [9.17, 15) is 0 Å². The summed E-state index contributed by atoms with van der Waals surface area (Å²) < 4.78 is 5.62. The van der Waals surface area contributed by atoms with E-state index in [0.717, 1.165) is 5.56 Å². The molecular formula is C13H13N3OS. The Kier molecular flexibility index (Phi) is 3.53. The zero-order chi connectivity index (χ0) is 13.1. The number of rotatable bonds is 3. The molecule has 0 amide bonds. The molecule has 0 fully saturated rings. The fourth-order valence-corrected chi connectivity index (χ4v) is 1.51. The van der Waals surface area contributed by atoms with Gasteiger partial charge in [0.05, 0.1) is 12.4 Å². The topological polar surface area (TPSA) is 61.0 Å². The van der Waals surface area contributed by atoms with Crippen LogP contribution in [0.4, 0.5) is 0 Å². The lowest BCUT2D eigenvalue weighted by atomic mass is 10.1. The highest BCUT2D eigenvalue weighted by Gasteiger charge is 2.04. The summed E-state index contributed by atoms with van der Waals surface area (Å²) in [6, 6.07) is 5.83. The molecule has 0 radical (unpaired) electrons. The van der Waals surface area contributed by atoms with Gasteiger partial charge in [0.1, 0.15) is 16.4 Å². The number of ether oxygens (including phenoxy) is 1. The van der Waals surface area contributed by atoms with Crippen molar-refractivity contribution in [3.05, 3.63) is 47.4 Å². The van der Waals surface area contributed by atoms with Crippen molar-refractivity contribution in [1.82, 2.24) is 9.97 Å². The van der Waals surface area contributed by atoms with Crippen molar-refractivity contribution in [3.8, 4) is 11.6 Å². The number of aromatic nitrogens is 2. The highest BCUT2D eigenvalue weighted by Crippen LogP contribution is 2.21. The number of hydrogen-bond donors (Lipinski definition) is 1. The normalized spacial score (nSPS) is 10.1. The van der Waals surface area contributed by atoms with Crippen LogP contribution < -0.4 is 10.5 Å². The molecule has 92 valence electrons. The number of hydrogen-bond acceptors (Lipinski definition) is 4. The van der Waals surface area contributed by atoms with Gasteiger partial charge in [0, 0.05) is 0 Å². The van der Waals surface area contributed by atoms with Gasteiger partial charge in [0.2, 0.25) is 5.88 Å². The maximum atomic E-state index is 5.62. The summed E-state index contributed by atoms with van der Waals surface area (Å²) in [4.78, 5) is 8.36. The Morgan fingerprint density at radius 2 is 2.00 bits per heavy atom. The van der Waals surface area contributed by atoms with E-state index in [1.165, 1.54) is 18.0 Å². The summed E-state index contributed by atoms with van der Waals surface area (Å²) in [5, 5.41) is 0. The average molecular weight is 259 g/mol. The maximum absolute atomic E-state index is 5.62. The molecule has 1 aromatic heterocycles. The molecular weight excluding hydrogens is 246 g/mol. The molecule has 4 nitrogen and oxygen atoms in total. The fourth-order valence-electron chi connectivity index (χ4n) is 1.41. The number of nitrogens with two attached hydrogens (primary N) is 1. The molecule has 0 atom stereocenters. The van der Waals surface area contributed by atoms with Crippen LogP contribution in [0, 0.1) is 13.8 Å². The van der Waals surface area contributed by atoms with Gasteiger partial charge in [-0.3, -0.25) is 4.98 Å². The molecule has 2 aromatic rings. The Morgan fingerprint density at radius 1 is 1.22 bits per heavy atom. The molecule has 0 saturated carbocycles. The average Bonchev–Trinajstić information content (AvgIpc) is 2.34. The van der Waals surface area contributed by atoms with Crippen molar-refractivity contribution in [3.63, 3.8) is 0 Å². The second-order valence-electron chi connectivity index (χ2n) is 3.95. The van der Waals surface area contributed by atoms with Crippen LogP contribution in [0.5, 0.6) is 11.6 Å². The zero-order valence-electron chi connectivity index (χ0n) is 10.2. The van der Waals surface area contributed by atoms with Crippen LogP contribution in [0.25, 0.3) is 0 Å². The molecule has 0 spiro atoms. The standard InChI is InChI=1S/C13H13N3OS/c1-8-3-4-10(5-9(8)2)17-12-7-15-6-11(16-12)13(14)18/h3-7H,1-2H3,(H2,14,18). The van der Waals surface area contributed by atoms with E-state index in [0.29, 0.717) is 17.3 Å². The second-order valence-corrected chi connectivity index (χ2v) is 4.39. The van der Waals surface area contributed by atoms with E-state index in [4.69, 9.17) is 22.7 Å². The third kappa shape index (κ3) is 2.81. The van der Waals surface area contributed by atoms with E-state index in [1.807, 2.05) is 32.0 Å². The molecule has 2 rings (SSSR count). The van der Waals surface area contributed by atoms with Crippen LogP contribution in [-0.4, -0.2) is 15.0 Å². The highest BCUT2D eigenvalue weighted by molar-refractivity contribution is 7.80. The molecule has 0 aliphatic rings. The Morgan fingerprint density at radius 3 is 2.67 bits per heavy atom. The van der Waals surface area contributed by atoms with Crippen LogP contribution in [0.2, 0.25) is 0 Å². The number of thiocarbonyl (C=S) groups is 1. The van der Waals surface area contributed by atoms with Crippen LogP contribution >= 0.6 is 12.2 Å². The van der Waals surface area contributed by atoms with Gasteiger partial charge in [-0.05, 0) is 37.1 Å². The molecule has 0 bridgehead atoms. The van der Waals surface area contributed by atoms with Gasteiger partial charge in [0.15, 0.2) is 0 Å². The number of benzene rings is 1. The Labute approximate surface area is 111 Å². The minimum Gasteiger partial charge on any atom is -0.437 e. The minimum atomic E-state index is 0.202. The molecule has 1 aromatic carbocycles. The maximum Gasteiger partial charge on any atom is 0.238 e. The molecule has 18 heavy (non-hydrogen) atoms. The Hall–Kier alpha value is -2.01. The van der Waals surface area contributed by atoms with Crippen molar-refractivity contribution in [2.75, 3.05) is 0 Å². The van der Waals surface area contributed by atoms with Crippen LogP contribution in [0.1, 0.15) is 16.8 Å². The monoisotopic (exact) mass is 259 g/mol. The molecule has 5 heteroatoms. The van der Waals surface area contributed by atoms with E-state index in [2.05, 4.69) is 9.97 Å². The van der Waals surface area contributed by atoms with E-state index in [-0.39, 0.29) is 4.99 Å². The first kappa shape index (κ1) is 12.4. The first-order valence-corrected chi connectivity index (χ1v) is 5.84. The van der Waals surface area contributed by atoms with Gasteiger partial charge < -0.3 is 10.5 Å². The predicted octanol–water partition coefficient (Wildman–Crippen LogP) is 2.52. The van der Waals surface area contributed by atoms with Crippen molar-refractivity contribution < 1.29 is 4.74 Å². The van der Waals surface area contributed by atoms with Crippen LogP contribution in [0.3, 0.4) is 0 Å². The predicted molar refractivity (Wildman–Crippen MR) is 73.9 cm³/mol. The first-order valence-electron chi connectivity index (χ1n) is 5.43. The fraction of sp³-hybridized carbons (Fsp3) is 0.154. The van der Waals surface area contributed by atoms with Gasteiger partial charge in [-0.25, -0.2) is 4.98 Å². The van der Waals surface area contributed by atoms with Gasteiger partial charge in [-0.1, -0.05) is 18.3 Å². The summed E-state index contributed by atoms with van der Waals surface area (Å²) in [5.41, 5.74) is 8.32. The smallest absolute Gasteiger partial charge is 0.238 e. The summed E-state index contributed by atoms with van der Waals surface area (Å²) >= 11 is 4.84. The lowest BCUT2D eigenvalue weighted by Crippen LogP contribution is -2.12.